The minimum Gasteiger partial charge on any atom is -0.468 e. The summed E-state index contributed by atoms with van der Waals surface area (Å²) in [6, 6.07) is 11.9. The molecule has 5 heteroatoms. The van der Waals surface area contributed by atoms with Gasteiger partial charge in [-0.3, -0.25) is 0 Å². The van der Waals surface area contributed by atoms with Gasteiger partial charge in [0.1, 0.15) is 6.61 Å². The lowest BCUT2D eigenvalue weighted by atomic mass is 9.98. The molecule has 0 bridgehead atoms. The molecule has 1 aromatic rings. The van der Waals surface area contributed by atoms with Crippen molar-refractivity contribution in [3.63, 3.8) is 0 Å². The van der Waals surface area contributed by atoms with E-state index >= 15 is 0 Å². The lowest BCUT2D eigenvalue weighted by Gasteiger charge is -2.41. The summed E-state index contributed by atoms with van der Waals surface area (Å²) in [5, 5.41) is 0.673. The van der Waals surface area contributed by atoms with Crippen LogP contribution in [0.1, 0.15) is 37.8 Å². The van der Waals surface area contributed by atoms with Crippen LogP contribution in [0, 0.1) is 0 Å². The molecule has 2 N–H and O–H groups in total. The summed E-state index contributed by atoms with van der Waals surface area (Å²) in [5.41, 5.74) is 6.99. The number of rotatable bonds is 5. The highest BCUT2D eigenvalue weighted by molar-refractivity contribution is 7.80. The minimum absolute atomic E-state index is 0.265. The van der Waals surface area contributed by atoms with Gasteiger partial charge in [-0.05, 0) is 50.5 Å². The van der Waals surface area contributed by atoms with E-state index in [1.165, 1.54) is 5.56 Å². The van der Waals surface area contributed by atoms with Gasteiger partial charge < -0.3 is 20.3 Å². The zero-order valence-electron chi connectivity index (χ0n) is 13.9. The number of hydrogen-bond acceptors (Lipinski definition) is 4. The van der Waals surface area contributed by atoms with Crippen LogP contribution in [0.2, 0.25) is 0 Å². The molecule has 0 aromatic heterocycles. The van der Waals surface area contributed by atoms with E-state index in [0.717, 1.165) is 38.9 Å². The Morgan fingerprint density at radius 2 is 1.96 bits per heavy atom. The van der Waals surface area contributed by atoms with Gasteiger partial charge in [0.2, 0.25) is 0 Å². The second kappa shape index (κ2) is 7.60. The number of nitrogens with two attached hydrogens (primary N) is 1. The van der Waals surface area contributed by atoms with Crippen molar-refractivity contribution in [3.8, 4) is 0 Å². The summed E-state index contributed by atoms with van der Waals surface area (Å²) in [4.78, 5) is 4.90. The van der Waals surface area contributed by atoms with Crippen LogP contribution in [0.25, 0.3) is 0 Å². The van der Waals surface area contributed by atoms with Gasteiger partial charge in [0.25, 0.3) is 5.17 Å². The molecule has 1 aromatic carbocycles. The Balaban J connectivity index is 1.65. The van der Waals surface area contributed by atoms with Gasteiger partial charge in [0, 0.05) is 25.2 Å². The van der Waals surface area contributed by atoms with Gasteiger partial charge in [0.05, 0.1) is 6.04 Å². The average molecular weight is 334 g/mol. The number of nitrogens with zero attached hydrogens (tertiary/aromatic N) is 2. The van der Waals surface area contributed by atoms with E-state index in [9.17, 15) is 0 Å². The molecule has 4 nitrogen and oxygen atoms in total. The molecule has 2 fully saturated rings. The highest BCUT2D eigenvalue weighted by Gasteiger charge is 2.38. The number of benzene rings is 1. The summed E-state index contributed by atoms with van der Waals surface area (Å²) in [6.45, 7) is 5.95. The molecule has 2 aliphatic heterocycles. The van der Waals surface area contributed by atoms with Crippen molar-refractivity contribution in [1.29, 1.82) is 0 Å². The number of piperidine rings is 1. The predicted octanol–water partition coefficient (Wildman–Crippen LogP) is 2.55. The van der Waals surface area contributed by atoms with Crippen LogP contribution in [0.5, 0.6) is 0 Å². The standard InChI is InChI=1S/C18H27N3OS/c1-14(7-10-19)20-11-8-16(9-12-20)21-17(13-22-18(21)23)15-5-3-2-4-6-15/h2-6,14,16-17H,7-13,19H2,1H3/t14?,17-/m0/s1. The quantitative estimate of drug-likeness (QED) is 0.839. The Hall–Kier alpha value is -1.17. The van der Waals surface area contributed by atoms with E-state index < -0.39 is 0 Å². The zero-order chi connectivity index (χ0) is 16.2. The van der Waals surface area contributed by atoms with Crippen molar-refractivity contribution < 1.29 is 4.74 Å². The molecule has 0 amide bonds. The third-order valence-corrected chi connectivity index (χ3v) is 5.52. The minimum atomic E-state index is 0.265. The summed E-state index contributed by atoms with van der Waals surface area (Å²) in [5.74, 6) is 0. The van der Waals surface area contributed by atoms with Crippen LogP contribution in [0.3, 0.4) is 0 Å². The first-order chi connectivity index (χ1) is 11.2. The number of likely N-dealkylation sites (tertiary alicyclic amines) is 1. The highest BCUT2D eigenvalue weighted by Crippen LogP contribution is 2.33. The molecular weight excluding hydrogens is 306 g/mol. The van der Waals surface area contributed by atoms with E-state index in [-0.39, 0.29) is 6.04 Å². The Morgan fingerprint density at radius 3 is 2.61 bits per heavy atom. The molecule has 0 aliphatic carbocycles. The molecule has 3 rings (SSSR count). The maximum atomic E-state index is 5.73. The molecule has 126 valence electrons. The maximum Gasteiger partial charge on any atom is 0.260 e. The SMILES string of the molecule is CC(CCN)N1CCC(N2C(=S)OC[C@H]2c2ccccc2)CC1. The first-order valence-corrected chi connectivity index (χ1v) is 9.05. The topological polar surface area (TPSA) is 41.7 Å². The van der Waals surface area contributed by atoms with Crippen molar-refractivity contribution in [1.82, 2.24) is 9.80 Å². The number of thiocarbonyl (C=S) groups is 1. The van der Waals surface area contributed by atoms with E-state index in [1.807, 2.05) is 0 Å². The Kier molecular flexibility index (Phi) is 5.51. The fraction of sp³-hybridized carbons (Fsp3) is 0.611. The van der Waals surface area contributed by atoms with Crippen LogP contribution in [-0.4, -0.2) is 53.3 Å². The Labute approximate surface area is 144 Å². The number of ether oxygens (including phenoxy) is 1. The van der Waals surface area contributed by atoms with Crippen molar-refractivity contribution in [2.75, 3.05) is 26.2 Å². The lowest BCUT2D eigenvalue weighted by molar-refractivity contribution is 0.109. The Morgan fingerprint density at radius 1 is 1.26 bits per heavy atom. The smallest absolute Gasteiger partial charge is 0.260 e. The van der Waals surface area contributed by atoms with Gasteiger partial charge >= 0.3 is 0 Å². The summed E-state index contributed by atoms with van der Waals surface area (Å²) < 4.78 is 5.73. The zero-order valence-corrected chi connectivity index (χ0v) is 14.7. The third-order valence-electron chi connectivity index (χ3n) is 5.20. The largest absolute Gasteiger partial charge is 0.468 e. The van der Waals surface area contributed by atoms with E-state index in [1.54, 1.807) is 0 Å². The average Bonchev–Trinajstić information content (AvgIpc) is 2.97. The van der Waals surface area contributed by atoms with Gasteiger partial charge in [-0.15, -0.1) is 0 Å². The number of hydrogen-bond donors (Lipinski definition) is 1. The van der Waals surface area contributed by atoms with Crippen LogP contribution >= 0.6 is 12.2 Å². The molecule has 2 saturated heterocycles. The summed E-state index contributed by atoms with van der Waals surface area (Å²) in [7, 11) is 0. The monoisotopic (exact) mass is 333 g/mol. The maximum absolute atomic E-state index is 5.73. The van der Waals surface area contributed by atoms with Crippen molar-refractivity contribution in [2.24, 2.45) is 5.73 Å². The molecule has 23 heavy (non-hydrogen) atoms. The molecule has 0 radical (unpaired) electrons. The van der Waals surface area contributed by atoms with Gasteiger partial charge in [-0.1, -0.05) is 30.3 Å². The third kappa shape index (κ3) is 3.67. The second-order valence-corrected chi connectivity index (χ2v) is 6.95. The van der Waals surface area contributed by atoms with E-state index in [2.05, 4.69) is 47.1 Å². The van der Waals surface area contributed by atoms with Crippen molar-refractivity contribution >= 4 is 17.4 Å². The Bertz CT molecular complexity index is 516. The fourth-order valence-electron chi connectivity index (χ4n) is 3.80. The van der Waals surface area contributed by atoms with Crippen LogP contribution < -0.4 is 5.73 Å². The predicted molar refractivity (Wildman–Crippen MR) is 97.3 cm³/mol. The van der Waals surface area contributed by atoms with Crippen molar-refractivity contribution in [2.45, 2.75) is 44.3 Å². The molecule has 2 heterocycles. The first kappa shape index (κ1) is 16.7. The summed E-state index contributed by atoms with van der Waals surface area (Å²) >= 11 is 5.49. The molecule has 2 atom stereocenters. The van der Waals surface area contributed by atoms with Gasteiger partial charge in [-0.2, -0.15) is 0 Å². The second-order valence-electron chi connectivity index (χ2n) is 6.60. The molecule has 0 saturated carbocycles. The first-order valence-electron chi connectivity index (χ1n) is 8.65. The molecule has 2 aliphatic rings. The molecule has 1 unspecified atom stereocenters. The summed E-state index contributed by atoms with van der Waals surface area (Å²) in [6.07, 6.45) is 3.35. The van der Waals surface area contributed by atoms with E-state index in [0.29, 0.717) is 23.9 Å². The van der Waals surface area contributed by atoms with Gasteiger partial charge in [-0.25, -0.2) is 0 Å². The van der Waals surface area contributed by atoms with Crippen LogP contribution in [0.15, 0.2) is 30.3 Å². The van der Waals surface area contributed by atoms with E-state index in [4.69, 9.17) is 22.7 Å². The van der Waals surface area contributed by atoms with Crippen molar-refractivity contribution in [3.05, 3.63) is 35.9 Å². The van der Waals surface area contributed by atoms with Gasteiger partial charge in [0.15, 0.2) is 0 Å². The normalized spacial score (nSPS) is 24.7. The molecule has 0 spiro atoms. The molecular formula is C18H27N3OS. The highest BCUT2D eigenvalue weighted by atomic mass is 32.1. The van der Waals surface area contributed by atoms with Crippen LogP contribution in [-0.2, 0) is 4.74 Å². The fourth-order valence-corrected chi connectivity index (χ4v) is 4.14. The van der Waals surface area contributed by atoms with Crippen LogP contribution in [0.4, 0.5) is 0 Å². The lowest BCUT2D eigenvalue weighted by Crippen LogP contribution is -2.48.